The molecule has 1 N–H and O–H groups in total. The number of hydrogen-bond donors (Lipinski definition) is 1. The molecule has 0 aromatic rings. The number of carboxylic acid groups (broad SMARTS) is 1. The van der Waals surface area contributed by atoms with Gasteiger partial charge in [0, 0.05) is 0 Å². The molecule has 0 saturated heterocycles. The molecule has 0 amide bonds. The summed E-state index contributed by atoms with van der Waals surface area (Å²) in [6.45, 7) is 4.32. The molecule has 0 bridgehead atoms. The third-order valence-electron chi connectivity index (χ3n) is 5.97. The van der Waals surface area contributed by atoms with Crippen molar-refractivity contribution in [1.29, 1.82) is 0 Å². The monoisotopic (exact) mass is 382 g/mol. The Hall–Kier alpha value is -1.06. The van der Waals surface area contributed by atoms with Crippen LogP contribution in [0.2, 0.25) is 0 Å². The first-order valence-electron chi connectivity index (χ1n) is 11.5. The van der Waals surface area contributed by atoms with Gasteiger partial charge in [0.15, 0.2) is 0 Å². The van der Waals surface area contributed by atoms with Gasteiger partial charge in [0.05, 0.1) is 11.8 Å². The number of carbonyl (C=O) groups excluding carboxylic acids is 1. The van der Waals surface area contributed by atoms with Gasteiger partial charge in [-0.05, 0) is 38.5 Å². The van der Waals surface area contributed by atoms with Gasteiger partial charge in [-0.25, -0.2) is 0 Å². The van der Waals surface area contributed by atoms with E-state index in [0.717, 1.165) is 32.1 Å². The van der Waals surface area contributed by atoms with E-state index in [1.54, 1.807) is 0 Å². The van der Waals surface area contributed by atoms with E-state index in [2.05, 4.69) is 13.8 Å². The average molecular weight is 383 g/mol. The van der Waals surface area contributed by atoms with Crippen LogP contribution in [0.25, 0.3) is 0 Å². The van der Waals surface area contributed by atoms with Gasteiger partial charge in [-0.1, -0.05) is 78.1 Å². The van der Waals surface area contributed by atoms with Gasteiger partial charge in [0.2, 0.25) is 0 Å². The van der Waals surface area contributed by atoms with Gasteiger partial charge >= 0.3 is 11.9 Å². The molecule has 4 nitrogen and oxygen atoms in total. The van der Waals surface area contributed by atoms with Crippen LogP contribution in [0.15, 0.2) is 0 Å². The van der Waals surface area contributed by atoms with Crippen LogP contribution in [0, 0.1) is 11.8 Å². The number of carboxylic acids is 1. The molecule has 1 saturated carbocycles. The van der Waals surface area contributed by atoms with Gasteiger partial charge in [0.25, 0.3) is 0 Å². The summed E-state index contributed by atoms with van der Waals surface area (Å²) in [6.07, 6.45) is 17.6. The lowest BCUT2D eigenvalue weighted by Crippen LogP contribution is -2.30. The highest BCUT2D eigenvalue weighted by Gasteiger charge is 2.32. The fourth-order valence-corrected chi connectivity index (χ4v) is 4.09. The molecule has 1 rings (SSSR count). The second-order valence-corrected chi connectivity index (χ2v) is 8.34. The predicted octanol–water partition coefficient (Wildman–Crippen LogP) is 6.51. The fourth-order valence-electron chi connectivity index (χ4n) is 4.09. The number of unbranched alkanes of at least 4 members (excludes halogenated alkanes) is 9. The molecule has 1 aliphatic rings. The SMILES string of the molecule is CCCCCCCCCCCCC(CC)OC(=O)C1CCCC(C(=O)O)C1. The molecular formula is C23H42O4. The zero-order chi connectivity index (χ0) is 19.9. The summed E-state index contributed by atoms with van der Waals surface area (Å²) in [5.41, 5.74) is 0. The summed E-state index contributed by atoms with van der Waals surface area (Å²) >= 11 is 0. The highest BCUT2D eigenvalue weighted by molar-refractivity contribution is 5.75. The van der Waals surface area contributed by atoms with Crippen LogP contribution in [0.4, 0.5) is 0 Å². The molecule has 158 valence electrons. The quantitative estimate of drug-likeness (QED) is 0.259. The van der Waals surface area contributed by atoms with Crippen LogP contribution < -0.4 is 0 Å². The first-order valence-corrected chi connectivity index (χ1v) is 11.5. The van der Waals surface area contributed by atoms with E-state index in [-0.39, 0.29) is 23.9 Å². The minimum atomic E-state index is -0.773. The molecule has 0 aromatic heterocycles. The van der Waals surface area contributed by atoms with E-state index in [4.69, 9.17) is 4.74 Å². The Morgan fingerprint density at radius 3 is 2.00 bits per heavy atom. The van der Waals surface area contributed by atoms with Crippen LogP contribution in [0.5, 0.6) is 0 Å². The molecule has 0 spiro atoms. The summed E-state index contributed by atoms with van der Waals surface area (Å²) in [5.74, 6) is -1.54. The van der Waals surface area contributed by atoms with E-state index in [1.807, 2.05) is 0 Å². The van der Waals surface area contributed by atoms with Crippen molar-refractivity contribution in [1.82, 2.24) is 0 Å². The Bertz CT molecular complexity index is 407. The number of esters is 1. The second kappa shape index (κ2) is 14.9. The molecule has 0 aliphatic heterocycles. The second-order valence-electron chi connectivity index (χ2n) is 8.34. The Morgan fingerprint density at radius 1 is 0.889 bits per heavy atom. The van der Waals surface area contributed by atoms with Gasteiger partial charge in [0.1, 0.15) is 6.10 Å². The van der Waals surface area contributed by atoms with E-state index >= 15 is 0 Å². The highest BCUT2D eigenvalue weighted by atomic mass is 16.5. The Kier molecular flexibility index (Phi) is 13.3. The molecule has 0 aromatic carbocycles. The lowest BCUT2D eigenvalue weighted by molar-refractivity contribution is -0.157. The first kappa shape index (κ1) is 24.0. The van der Waals surface area contributed by atoms with E-state index in [0.29, 0.717) is 12.8 Å². The molecule has 1 fully saturated rings. The summed E-state index contributed by atoms with van der Waals surface area (Å²) in [6, 6.07) is 0. The lowest BCUT2D eigenvalue weighted by Gasteiger charge is -2.27. The molecule has 27 heavy (non-hydrogen) atoms. The van der Waals surface area contributed by atoms with Crippen LogP contribution >= 0.6 is 0 Å². The lowest BCUT2D eigenvalue weighted by atomic mass is 9.81. The zero-order valence-corrected chi connectivity index (χ0v) is 17.7. The number of rotatable bonds is 15. The Morgan fingerprint density at radius 2 is 1.44 bits per heavy atom. The van der Waals surface area contributed by atoms with Crippen molar-refractivity contribution in [2.24, 2.45) is 11.8 Å². The minimum absolute atomic E-state index is 0.00301. The van der Waals surface area contributed by atoms with Crippen molar-refractivity contribution in [2.45, 2.75) is 123 Å². The minimum Gasteiger partial charge on any atom is -0.481 e. The third kappa shape index (κ3) is 10.8. The van der Waals surface area contributed by atoms with Gasteiger partial charge in [-0.2, -0.15) is 0 Å². The molecular weight excluding hydrogens is 340 g/mol. The Labute approximate surface area is 166 Å². The van der Waals surface area contributed by atoms with Crippen LogP contribution in [-0.2, 0) is 14.3 Å². The molecule has 1 aliphatic carbocycles. The molecule has 4 heteroatoms. The van der Waals surface area contributed by atoms with Crippen LogP contribution in [0.3, 0.4) is 0 Å². The van der Waals surface area contributed by atoms with Crippen molar-refractivity contribution in [2.75, 3.05) is 0 Å². The normalized spacial score (nSPS) is 21.0. The maximum Gasteiger partial charge on any atom is 0.309 e. The van der Waals surface area contributed by atoms with Crippen molar-refractivity contribution >= 4 is 11.9 Å². The van der Waals surface area contributed by atoms with Gasteiger partial charge in [-0.3, -0.25) is 9.59 Å². The van der Waals surface area contributed by atoms with Gasteiger partial charge in [-0.15, -0.1) is 0 Å². The standard InChI is InChI=1S/C23H42O4/c1-3-5-6-7-8-9-10-11-12-13-17-21(4-2)27-23(26)20-16-14-15-19(18-20)22(24)25/h19-21H,3-18H2,1-2H3,(H,24,25). The molecule has 3 atom stereocenters. The number of hydrogen-bond acceptors (Lipinski definition) is 3. The third-order valence-corrected chi connectivity index (χ3v) is 5.97. The topological polar surface area (TPSA) is 63.6 Å². The van der Waals surface area contributed by atoms with Crippen LogP contribution in [-0.4, -0.2) is 23.1 Å². The van der Waals surface area contributed by atoms with E-state index < -0.39 is 5.97 Å². The molecule has 3 unspecified atom stereocenters. The summed E-state index contributed by atoms with van der Waals surface area (Å²) in [4.78, 5) is 23.6. The molecule has 0 heterocycles. The first-order chi connectivity index (χ1) is 13.1. The maximum atomic E-state index is 12.4. The maximum absolute atomic E-state index is 12.4. The summed E-state index contributed by atoms with van der Waals surface area (Å²) < 4.78 is 5.72. The van der Waals surface area contributed by atoms with Crippen molar-refractivity contribution in [3.05, 3.63) is 0 Å². The highest BCUT2D eigenvalue weighted by Crippen LogP contribution is 2.30. The number of aliphatic carboxylic acids is 1. The number of ether oxygens (including phenoxy) is 1. The largest absolute Gasteiger partial charge is 0.481 e. The smallest absolute Gasteiger partial charge is 0.309 e. The van der Waals surface area contributed by atoms with E-state index in [1.165, 1.54) is 57.8 Å². The van der Waals surface area contributed by atoms with Gasteiger partial charge < -0.3 is 9.84 Å². The summed E-state index contributed by atoms with van der Waals surface area (Å²) in [7, 11) is 0. The van der Waals surface area contributed by atoms with Crippen LogP contribution in [0.1, 0.15) is 117 Å². The fraction of sp³-hybridized carbons (Fsp3) is 0.913. The zero-order valence-electron chi connectivity index (χ0n) is 17.7. The average Bonchev–Trinajstić information content (AvgIpc) is 2.68. The summed E-state index contributed by atoms with van der Waals surface area (Å²) in [5, 5.41) is 9.17. The van der Waals surface area contributed by atoms with E-state index in [9.17, 15) is 14.7 Å². The number of carbonyl (C=O) groups is 2. The van der Waals surface area contributed by atoms with Crippen molar-refractivity contribution < 1.29 is 19.4 Å². The molecule has 0 radical (unpaired) electrons. The predicted molar refractivity (Wildman–Crippen MR) is 110 cm³/mol. The Balaban J connectivity index is 2.11. The van der Waals surface area contributed by atoms with Crippen molar-refractivity contribution in [3.8, 4) is 0 Å². The van der Waals surface area contributed by atoms with Crippen molar-refractivity contribution in [3.63, 3.8) is 0 Å².